The van der Waals surface area contributed by atoms with Gasteiger partial charge in [-0.3, -0.25) is 4.79 Å². The van der Waals surface area contributed by atoms with Gasteiger partial charge in [0, 0.05) is 11.3 Å². The molecule has 0 aliphatic heterocycles. The molecule has 0 bridgehead atoms. The number of nitrogens with one attached hydrogen (secondary N) is 1. The molecule has 5 heteroatoms. The number of anilines is 1. The summed E-state index contributed by atoms with van der Waals surface area (Å²) >= 11 is 0. The quantitative estimate of drug-likeness (QED) is 0.824. The van der Waals surface area contributed by atoms with Crippen molar-refractivity contribution < 1.29 is 19.1 Å². The summed E-state index contributed by atoms with van der Waals surface area (Å²) in [6.07, 6.45) is -0.697. The smallest absolute Gasteiger partial charge is 0.347 e. The van der Waals surface area contributed by atoms with Gasteiger partial charge in [-0.1, -0.05) is 17.7 Å². The molecule has 0 spiro atoms. The van der Waals surface area contributed by atoms with Crippen molar-refractivity contribution in [3.05, 3.63) is 59.7 Å². The SMILES string of the molecule is CCOC(=O)C(C)Oc1ccc(C(=O)Nc2ccc(C)cc2)cc1. The van der Waals surface area contributed by atoms with E-state index in [0.29, 0.717) is 17.9 Å². The Morgan fingerprint density at radius 1 is 1.04 bits per heavy atom. The Bertz CT molecular complexity index is 692. The van der Waals surface area contributed by atoms with Crippen LogP contribution in [0.15, 0.2) is 48.5 Å². The summed E-state index contributed by atoms with van der Waals surface area (Å²) in [5, 5.41) is 2.83. The average molecular weight is 327 g/mol. The van der Waals surface area contributed by atoms with Crippen LogP contribution in [-0.4, -0.2) is 24.6 Å². The second kappa shape index (κ2) is 8.15. The standard InChI is InChI=1S/C19H21NO4/c1-4-23-19(22)14(3)24-17-11-7-15(8-12-17)18(21)20-16-9-5-13(2)6-10-16/h5-12,14H,4H2,1-3H3,(H,20,21). The van der Waals surface area contributed by atoms with Crippen molar-refractivity contribution in [3.63, 3.8) is 0 Å². The molecule has 0 heterocycles. The van der Waals surface area contributed by atoms with Crippen LogP contribution in [0.3, 0.4) is 0 Å². The number of amides is 1. The summed E-state index contributed by atoms with van der Waals surface area (Å²) in [4.78, 5) is 23.7. The fourth-order valence-corrected chi connectivity index (χ4v) is 2.04. The first-order valence-corrected chi connectivity index (χ1v) is 7.81. The van der Waals surface area contributed by atoms with E-state index in [1.807, 2.05) is 31.2 Å². The summed E-state index contributed by atoms with van der Waals surface area (Å²) in [7, 11) is 0. The third-order valence-electron chi connectivity index (χ3n) is 3.36. The lowest BCUT2D eigenvalue weighted by molar-refractivity contribution is -0.150. The summed E-state index contributed by atoms with van der Waals surface area (Å²) in [6, 6.07) is 14.2. The molecule has 1 unspecified atom stereocenters. The second-order valence-corrected chi connectivity index (χ2v) is 5.36. The monoisotopic (exact) mass is 327 g/mol. The summed E-state index contributed by atoms with van der Waals surface area (Å²) in [5.74, 6) is -0.120. The molecular weight excluding hydrogens is 306 g/mol. The van der Waals surface area contributed by atoms with Gasteiger partial charge in [0.1, 0.15) is 5.75 Å². The Balaban J connectivity index is 1.97. The van der Waals surface area contributed by atoms with Gasteiger partial charge in [-0.05, 0) is 57.2 Å². The minimum Gasteiger partial charge on any atom is -0.479 e. The predicted octanol–water partition coefficient (Wildman–Crippen LogP) is 3.58. The highest BCUT2D eigenvalue weighted by atomic mass is 16.6. The molecule has 2 aromatic rings. The zero-order chi connectivity index (χ0) is 17.5. The molecular formula is C19H21NO4. The highest BCUT2D eigenvalue weighted by molar-refractivity contribution is 6.04. The number of rotatable bonds is 6. The largest absolute Gasteiger partial charge is 0.479 e. The van der Waals surface area contributed by atoms with Crippen LogP contribution in [0.4, 0.5) is 5.69 Å². The fraction of sp³-hybridized carbons (Fsp3) is 0.263. The molecule has 1 N–H and O–H groups in total. The van der Waals surface area contributed by atoms with Crippen molar-refractivity contribution >= 4 is 17.6 Å². The third-order valence-corrected chi connectivity index (χ3v) is 3.36. The maximum absolute atomic E-state index is 12.2. The first-order valence-electron chi connectivity index (χ1n) is 7.81. The topological polar surface area (TPSA) is 64.6 Å². The van der Waals surface area contributed by atoms with Gasteiger partial charge >= 0.3 is 5.97 Å². The van der Waals surface area contributed by atoms with Crippen molar-refractivity contribution in [2.45, 2.75) is 26.9 Å². The van der Waals surface area contributed by atoms with Crippen LogP contribution in [0, 0.1) is 6.92 Å². The number of hydrogen-bond donors (Lipinski definition) is 1. The van der Waals surface area contributed by atoms with Crippen LogP contribution >= 0.6 is 0 Å². The average Bonchev–Trinajstić information content (AvgIpc) is 2.57. The minimum absolute atomic E-state index is 0.205. The van der Waals surface area contributed by atoms with E-state index in [-0.39, 0.29) is 5.91 Å². The first-order chi connectivity index (χ1) is 11.5. The van der Waals surface area contributed by atoms with Crippen LogP contribution in [0.1, 0.15) is 29.8 Å². The normalized spacial score (nSPS) is 11.5. The summed E-state index contributed by atoms with van der Waals surface area (Å²) < 4.78 is 10.4. The van der Waals surface area contributed by atoms with Crippen molar-refractivity contribution in [2.75, 3.05) is 11.9 Å². The third kappa shape index (κ3) is 4.84. The van der Waals surface area contributed by atoms with E-state index in [9.17, 15) is 9.59 Å². The summed E-state index contributed by atoms with van der Waals surface area (Å²) in [5.41, 5.74) is 2.37. The molecule has 1 atom stereocenters. The lowest BCUT2D eigenvalue weighted by Gasteiger charge is -2.13. The minimum atomic E-state index is -0.697. The molecule has 0 saturated heterocycles. The molecule has 0 aromatic heterocycles. The van der Waals surface area contributed by atoms with E-state index in [1.54, 1.807) is 38.1 Å². The molecule has 1 amide bonds. The van der Waals surface area contributed by atoms with Crippen LogP contribution in [-0.2, 0) is 9.53 Å². The highest BCUT2D eigenvalue weighted by Gasteiger charge is 2.15. The van der Waals surface area contributed by atoms with Gasteiger partial charge in [0.25, 0.3) is 5.91 Å². The van der Waals surface area contributed by atoms with Crippen LogP contribution in [0.2, 0.25) is 0 Å². The predicted molar refractivity (Wildman–Crippen MR) is 92.3 cm³/mol. The Morgan fingerprint density at radius 3 is 2.25 bits per heavy atom. The van der Waals surface area contributed by atoms with E-state index in [0.717, 1.165) is 11.3 Å². The molecule has 126 valence electrons. The molecule has 0 aliphatic carbocycles. The van der Waals surface area contributed by atoms with Crippen LogP contribution in [0.5, 0.6) is 5.75 Å². The lowest BCUT2D eigenvalue weighted by Crippen LogP contribution is -2.26. The number of carbonyl (C=O) groups is 2. The molecule has 0 saturated carbocycles. The van der Waals surface area contributed by atoms with Gasteiger partial charge in [-0.25, -0.2) is 4.79 Å². The molecule has 24 heavy (non-hydrogen) atoms. The zero-order valence-corrected chi connectivity index (χ0v) is 14.0. The van der Waals surface area contributed by atoms with Crippen LogP contribution < -0.4 is 10.1 Å². The second-order valence-electron chi connectivity index (χ2n) is 5.36. The number of ether oxygens (including phenoxy) is 2. The van der Waals surface area contributed by atoms with Crippen molar-refractivity contribution in [1.29, 1.82) is 0 Å². The number of esters is 1. The molecule has 0 aliphatic rings. The van der Waals surface area contributed by atoms with Gasteiger partial charge in [-0.15, -0.1) is 0 Å². The van der Waals surface area contributed by atoms with Gasteiger partial charge in [0.2, 0.25) is 0 Å². The van der Waals surface area contributed by atoms with E-state index in [1.165, 1.54) is 0 Å². The molecule has 2 rings (SSSR count). The number of hydrogen-bond acceptors (Lipinski definition) is 4. The van der Waals surface area contributed by atoms with Crippen LogP contribution in [0.25, 0.3) is 0 Å². The maximum Gasteiger partial charge on any atom is 0.347 e. The Labute approximate surface area is 141 Å². The van der Waals surface area contributed by atoms with Crippen molar-refractivity contribution in [1.82, 2.24) is 0 Å². The van der Waals surface area contributed by atoms with Gasteiger partial charge in [0.05, 0.1) is 6.61 Å². The Hall–Kier alpha value is -2.82. The lowest BCUT2D eigenvalue weighted by atomic mass is 10.2. The van der Waals surface area contributed by atoms with E-state index >= 15 is 0 Å². The highest BCUT2D eigenvalue weighted by Crippen LogP contribution is 2.16. The van der Waals surface area contributed by atoms with E-state index in [2.05, 4.69) is 5.32 Å². The zero-order valence-electron chi connectivity index (χ0n) is 14.0. The number of benzene rings is 2. The van der Waals surface area contributed by atoms with Crippen molar-refractivity contribution in [2.24, 2.45) is 0 Å². The first kappa shape index (κ1) is 17.5. The molecule has 0 fully saturated rings. The molecule has 2 aromatic carbocycles. The van der Waals surface area contributed by atoms with E-state index in [4.69, 9.17) is 9.47 Å². The Morgan fingerprint density at radius 2 is 1.67 bits per heavy atom. The van der Waals surface area contributed by atoms with Gasteiger partial charge in [-0.2, -0.15) is 0 Å². The van der Waals surface area contributed by atoms with Gasteiger partial charge < -0.3 is 14.8 Å². The molecule has 0 radical (unpaired) electrons. The number of aryl methyl sites for hydroxylation is 1. The van der Waals surface area contributed by atoms with E-state index < -0.39 is 12.1 Å². The fourth-order valence-electron chi connectivity index (χ4n) is 2.04. The Kier molecular flexibility index (Phi) is 5.95. The maximum atomic E-state index is 12.2. The molecule has 5 nitrogen and oxygen atoms in total. The summed E-state index contributed by atoms with van der Waals surface area (Å²) in [6.45, 7) is 5.66. The van der Waals surface area contributed by atoms with Gasteiger partial charge in [0.15, 0.2) is 6.10 Å². The number of carbonyl (C=O) groups excluding carboxylic acids is 2. The van der Waals surface area contributed by atoms with Crippen molar-refractivity contribution in [3.8, 4) is 5.75 Å².